The Morgan fingerprint density at radius 3 is 2.55 bits per heavy atom. The molecule has 170 valence electrons. The number of hydrogen-bond acceptors (Lipinski definition) is 7. The van der Waals surface area contributed by atoms with Gasteiger partial charge in [-0.2, -0.15) is 0 Å². The van der Waals surface area contributed by atoms with Crippen molar-refractivity contribution in [2.75, 3.05) is 11.3 Å². The van der Waals surface area contributed by atoms with Gasteiger partial charge in [0.1, 0.15) is 34.4 Å². The number of halogens is 1. The number of sulfonamides is 1. The Balaban J connectivity index is 1.51. The summed E-state index contributed by atoms with van der Waals surface area (Å²) in [5.74, 6) is 2.52. The van der Waals surface area contributed by atoms with Crippen molar-refractivity contribution in [3.05, 3.63) is 77.5 Å². The fourth-order valence-corrected chi connectivity index (χ4v) is 4.77. The molecule has 2 heterocycles. The monoisotopic (exact) mass is 529 g/mol. The molecule has 0 aliphatic carbocycles. The molecule has 2 aromatic carbocycles. The third-order valence-electron chi connectivity index (χ3n) is 4.52. The molecule has 0 spiro atoms. The van der Waals surface area contributed by atoms with Crippen LogP contribution in [0.2, 0.25) is 0 Å². The standard InChI is InChI=1S/C22H20BrN5O4S/c1-3-31-19-9-4-16(23)12-20(19)33(29,30)27-17-5-7-18(8-6-17)32-22-13-21(25-14-26-22)28-11-10-24-15(28)2/h4-14,27H,3H2,1-2H3. The van der Waals surface area contributed by atoms with Gasteiger partial charge in [-0.25, -0.2) is 23.4 Å². The van der Waals surface area contributed by atoms with E-state index in [9.17, 15) is 8.42 Å². The molecule has 9 nitrogen and oxygen atoms in total. The molecule has 0 aliphatic heterocycles. The lowest BCUT2D eigenvalue weighted by atomic mass is 10.3. The minimum Gasteiger partial charge on any atom is -0.492 e. The van der Waals surface area contributed by atoms with Crippen LogP contribution in [0.3, 0.4) is 0 Å². The molecule has 0 atom stereocenters. The van der Waals surface area contributed by atoms with Crippen molar-refractivity contribution >= 4 is 31.6 Å². The topological polar surface area (TPSA) is 108 Å². The minimum absolute atomic E-state index is 0.0439. The van der Waals surface area contributed by atoms with E-state index in [0.717, 1.165) is 5.82 Å². The van der Waals surface area contributed by atoms with Gasteiger partial charge in [0.25, 0.3) is 10.0 Å². The second-order valence-corrected chi connectivity index (χ2v) is 9.38. The Kier molecular flexibility index (Phi) is 6.61. The highest BCUT2D eigenvalue weighted by Crippen LogP contribution is 2.30. The molecule has 0 unspecified atom stereocenters. The molecule has 0 saturated heterocycles. The van der Waals surface area contributed by atoms with Crippen LogP contribution in [0, 0.1) is 6.92 Å². The first-order valence-electron chi connectivity index (χ1n) is 9.91. The zero-order valence-corrected chi connectivity index (χ0v) is 20.2. The summed E-state index contributed by atoms with van der Waals surface area (Å²) < 4.78 is 42.1. The van der Waals surface area contributed by atoms with Crippen molar-refractivity contribution in [1.82, 2.24) is 19.5 Å². The quantitative estimate of drug-likeness (QED) is 0.351. The van der Waals surface area contributed by atoms with Crippen LogP contribution in [0.1, 0.15) is 12.7 Å². The van der Waals surface area contributed by atoms with E-state index in [1.54, 1.807) is 61.8 Å². The lowest BCUT2D eigenvalue weighted by molar-refractivity contribution is 0.331. The molecule has 0 aliphatic rings. The summed E-state index contributed by atoms with van der Waals surface area (Å²) in [5, 5.41) is 0. The van der Waals surface area contributed by atoms with Crippen molar-refractivity contribution in [2.24, 2.45) is 0 Å². The van der Waals surface area contributed by atoms with Crippen molar-refractivity contribution in [1.29, 1.82) is 0 Å². The third kappa shape index (κ3) is 5.32. The lowest BCUT2D eigenvalue weighted by Gasteiger charge is -2.13. The van der Waals surface area contributed by atoms with E-state index in [1.807, 2.05) is 11.5 Å². The summed E-state index contributed by atoms with van der Waals surface area (Å²) in [4.78, 5) is 12.6. The van der Waals surface area contributed by atoms with Crippen molar-refractivity contribution in [2.45, 2.75) is 18.7 Å². The van der Waals surface area contributed by atoms with Crippen LogP contribution in [0.5, 0.6) is 17.4 Å². The molecule has 33 heavy (non-hydrogen) atoms. The van der Waals surface area contributed by atoms with Crippen molar-refractivity contribution < 1.29 is 17.9 Å². The average Bonchev–Trinajstić information content (AvgIpc) is 3.22. The van der Waals surface area contributed by atoms with Gasteiger partial charge in [-0.1, -0.05) is 15.9 Å². The van der Waals surface area contributed by atoms with Gasteiger partial charge in [-0.05, 0) is 56.3 Å². The SMILES string of the molecule is CCOc1ccc(Br)cc1S(=O)(=O)Nc1ccc(Oc2cc(-n3ccnc3C)ncn2)cc1. The zero-order valence-electron chi connectivity index (χ0n) is 17.8. The summed E-state index contributed by atoms with van der Waals surface area (Å²) in [6.45, 7) is 4.01. The number of ether oxygens (including phenoxy) is 2. The maximum absolute atomic E-state index is 12.9. The highest BCUT2D eigenvalue weighted by atomic mass is 79.9. The summed E-state index contributed by atoms with van der Waals surface area (Å²) in [7, 11) is -3.87. The Labute approximate surface area is 199 Å². The molecule has 4 aromatic rings. The molecular weight excluding hydrogens is 510 g/mol. The molecule has 11 heteroatoms. The summed E-state index contributed by atoms with van der Waals surface area (Å²) in [6, 6.07) is 13.0. The van der Waals surface area contributed by atoms with Gasteiger partial charge >= 0.3 is 0 Å². The third-order valence-corrected chi connectivity index (χ3v) is 6.42. The van der Waals surface area contributed by atoms with Crippen LogP contribution in [0.25, 0.3) is 5.82 Å². The predicted molar refractivity (Wildman–Crippen MR) is 127 cm³/mol. The fourth-order valence-electron chi connectivity index (χ4n) is 3.03. The first-order valence-corrected chi connectivity index (χ1v) is 12.2. The normalized spacial score (nSPS) is 11.2. The Bertz CT molecular complexity index is 1370. The number of nitrogens with one attached hydrogen (secondary N) is 1. The van der Waals surface area contributed by atoms with E-state index >= 15 is 0 Å². The van der Waals surface area contributed by atoms with E-state index in [4.69, 9.17) is 9.47 Å². The fraction of sp³-hybridized carbons (Fsp3) is 0.136. The number of nitrogens with zero attached hydrogens (tertiary/aromatic N) is 4. The number of hydrogen-bond donors (Lipinski definition) is 1. The van der Waals surface area contributed by atoms with Crippen LogP contribution in [0.4, 0.5) is 5.69 Å². The molecule has 0 amide bonds. The summed E-state index contributed by atoms with van der Waals surface area (Å²) >= 11 is 3.31. The molecule has 4 rings (SSSR count). The van der Waals surface area contributed by atoms with Crippen LogP contribution in [0.15, 0.2) is 76.6 Å². The van der Waals surface area contributed by atoms with E-state index in [0.29, 0.717) is 34.2 Å². The van der Waals surface area contributed by atoms with E-state index in [2.05, 4.69) is 35.6 Å². The van der Waals surface area contributed by atoms with E-state index in [1.165, 1.54) is 12.4 Å². The van der Waals surface area contributed by atoms with Crippen LogP contribution >= 0.6 is 15.9 Å². The van der Waals surface area contributed by atoms with Gasteiger partial charge in [-0.15, -0.1) is 0 Å². The zero-order chi connectivity index (χ0) is 23.4. The van der Waals surface area contributed by atoms with Crippen LogP contribution in [-0.4, -0.2) is 34.5 Å². The minimum atomic E-state index is -3.87. The van der Waals surface area contributed by atoms with Gasteiger partial charge in [0.05, 0.1) is 6.61 Å². The van der Waals surface area contributed by atoms with Gasteiger partial charge in [0, 0.05) is 28.6 Å². The number of aromatic nitrogens is 4. The predicted octanol–water partition coefficient (Wildman–Crippen LogP) is 4.73. The van der Waals surface area contributed by atoms with Crippen LogP contribution in [-0.2, 0) is 10.0 Å². The number of anilines is 1. The second kappa shape index (κ2) is 9.59. The van der Waals surface area contributed by atoms with Gasteiger partial charge in [0.15, 0.2) is 0 Å². The lowest BCUT2D eigenvalue weighted by Crippen LogP contribution is -2.14. The summed E-state index contributed by atoms with van der Waals surface area (Å²) in [6.07, 6.45) is 4.88. The number of aryl methyl sites for hydroxylation is 1. The van der Waals surface area contributed by atoms with Gasteiger partial charge in [0.2, 0.25) is 5.88 Å². The largest absolute Gasteiger partial charge is 0.492 e. The number of benzene rings is 2. The average molecular weight is 530 g/mol. The summed E-state index contributed by atoms with van der Waals surface area (Å²) in [5.41, 5.74) is 0.377. The first-order chi connectivity index (χ1) is 15.9. The molecule has 0 radical (unpaired) electrons. The molecular formula is C22H20BrN5O4S. The Morgan fingerprint density at radius 2 is 1.85 bits per heavy atom. The number of rotatable bonds is 8. The maximum atomic E-state index is 12.9. The maximum Gasteiger partial charge on any atom is 0.265 e. The molecule has 1 N–H and O–H groups in total. The molecule has 2 aromatic heterocycles. The highest BCUT2D eigenvalue weighted by molar-refractivity contribution is 9.10. The molecule has 0 saturated carbocycles. The van der Waals surface area contributed by atoms with Crippen LogP contribution < -0.4 is 14.2 Å². The second-order valence-electron chi connectivity index (χ2n) is 6.81. The Hall–Kier alpha value is -3.44. The number of imidazole rings is 1. The molecule has 0 bridgehead atoms. The van der Waals surface area contributed by atoms with E-state index < -0.39 is 10.0 Å². The highest BCUT2D eigenvalue weighted by Gasteiger charge is 2.20. The van der Waals surface area contributed by atoms with Gasteiger partial charge in [-0.3, -0.25) is 9.29 Å². The molecule has 0 fully saturated rings. The van der Waals surface area contributed by atoms with Crippen molar-refractivity contribution in [3.63, 3.8) is 0 Å². The Morgan fingerprint density at radius 1 is 1.06 bits per heavy atom. The smallest absolute Gasteiger partial charge is 0.265 e. The first kappa shape index (κ1) is 22.7. The van der Waals surface area contributed by atoms with E-state index in [-0.39, 0.29) is 10.6 Å². The van der Waals surface area contributed by atoms with Gasteiger partial charge < -0.3 is 9.47 Å². The van der Waals surface area contributed by atoms with Crippen molar-refractivity contribution in [3.8, 4) is 23.2 Å².